The summed E-state index contributed by atoms with van der Waals surface area (Å²) in [5.41, 5.74) is 8.32. The van der Waals surface area contributed by atoms with E-state index in [1.807, 2.05) is 39.6 Å². The Balaban J connectivity index is 2.32. The van der Waals surface area contributed by atoms with E-state index in [9.17, 15) is 0 Å². The van der Waals surface area contributed by atoms with Gasteiger partial charge in [-0.3, -0.25) is 4.40 Å². The fourth-order valence-electron chi connectivity index (χ4n) is 1.50. The van der Waals surface area contributed by atoms with Crippen LogP contribution in [0.4, 0.5) is 5.69 Å². The Kier molecular flexibility index (Phi) is 1.72. The molecule has 0 saturated carbocycles. The predicted octanol–water partition coefficient (Wildman–Crippen LogP) is 2.04. The summed E-state index contributed by atoms with van der Waals surface area (Å²) in [6.07, 6.45) is 1.84. The van der Waals surface area contributed by atoms with Gasteiger partial charge in [-0.15, -0.1) is 10.2 Å². The number of hydrogen-bond donors (Lipinski definition) is 1. The average Bonchev–Trinajstić information content (AvgIpc) is 2.83. The van der Waals surface area contributed by atoms with Crippen LogP contribution in [0.25, 0.3) is 17.0 Å². The molecular weight excluding hydrogens is 208 g/mol. The predicted molar refractivity (Wildman–Crippen MR) is 60.7 cm³/mol. The number of nitrogens with two attached hydrogens (primary N) is 1. The van der Waals surface area contributed by atoms with Gasteiger partial charge in [0.2, 0.25) is 0 Å². The van der Waals surface area contributed by atoms with Crippen molar-refractivity contribution in [1.82, 2.24) is 14.6 Å². The van der Waals surface area contributed by atoms with Gasteiger partial charge in [-0.1, -0.05) is 0 Å². The lowest BCUT2D eigenvalue weighted by atomic mass is 10.3. The molecule has 0 radical (unpaired) electrons. The number of aromatic nitrogens is 3. The SMILES string of the molecule is Nc1ccc2nnc(-c3ccsc3)n2c1. The summed E-state index contributed by atoms with van der Waals surface area (Å²) < 4.78 is 1.90. The van der Waals surface area contributed by atoms with Crippen LogP contribution in [0, 0.1) is 0 Å². The Morgan fingerprint density at radius 3 is 2.93 bits per heavy atom. The fraction of sp³-hybridized carbons (Fsp3) is 0. The number of anilines is 1. The van der Waals surface area contributed by atoms with E-state index in [0.29, 0.717) is 5.69 Å². The normalized spacial score (nSPS) is 10.9. The summed E-state index contributed by atoms with van der Waals surface area (Å²) in [7, 11) is 0. The highest BCUT2D eigenvalue weighted by Gasteiger charge is 2.07. The van der Waals surface area contributed by atoms with E-state index >= 15 is 0 Å². The quantitative estimate of drug-likeness (QED) is 0.677. The van der Waals surface area contributed by atoms with E-state index in [-0.39, 0.29) is 0 Å². The van der Waals surface area contributed by atoms with Gasteiger partial charge in [-0.2, -0.15) is 11.3 Å². The van der Waals surface area contributed by atoms with Crippen molar-refractivity contribution in [2.75, 3.05) is 5.73 Å². The Morgan fingerprint density at radius 1 is 1.20 bits per heavy atom. The number of hydrogen-bond acceptors (Lipinski definition) is 4. The van der Waals surface area contributed by atoms with E-state index in [0.717, 1.165) is 17.0 Å². The van der Waals surface area contributed by atoms with Crippen molar-refractivity contribution >= 4 is 22.7 Å². The highest BCUT2D eigenvalue weighted by Crippen LogP contribution is 2.21. The zero-order valence-electron chi connectivity index (χ0n) is 7.79. The van der Waals surface area contributed by atoms with Gasteiger partial charge in [-0.05, 0) is 23.6 Å². The van der Waals surface area contributed by atoms with Gasteiger partial charge in [0.05, 0.1) is 0 Å². The summed E-state index contributed by atoms with van der Waals surface area (Å²) in [4.78, 5) is 0. The van der Waals surface area contributed by atoms with Gasteiger partial charge in [0.25, 0.3) is 0 Å². The summed E-state index contributed by atoms with van der Waals surface area (Å²) in [6.45, 7) is 0. The lowest BCUT2D eigenvalue weighted by Gasteiger charge is -1.98. The van der Waals surface area contributed by atoms with Crippen LogP contribution >= 0.6 is 11.3 Å². The van der Waals surface area contributed by atoms with E-state index in [1.165, 1.54) is 0 Å². The van der Waals surface area contributed by atoms with Crippen molar-refractivity contribution in [2.24, 2.45) is 0 Å². The van der Waals surface area contributed by atoms with Gasteiger partial charge < -0.3 is 5.73 Å². The molecule has 3 heterocycles. The van der Waals surface area contributed by atoms with E-state index in [4.69, 9.17) is 5.73 Å². The van der Waals surface area contributed by atoms with Gasteiger partial charge in [0.15, 0.2) is 11.5 Å². The highest BCUT2D eigenvalue weighted by molar-refractivity contribution is 7.08. The van der Waals surface area contributed by atoms with Crippen LogP contribution in [0.3, 0.4) is 0 Å². The number of nitrogens with zero attached hydrogens (tertiary/aromatic N) is 3. The molecule has 0 atom stereocenters. The van der Waals surface area contributed by atoms with Gasteiger partial charge in [0, 0.05) is 22.8 Å². The molecule has 0 unspecified atom stereocenters. The van der Waals surface area contributed by atoms with Crippen LogP contribution in [0.2, 0.25) is 0 Å². The van der Waals surface area contributed by atoms with Crippen molar-refractivity contribution in [1.29, 1.82) is 0 Å². The Bertz CT molecular complexity index is 597. The first kappa shape index (κ1) is 8.43. The van der Waals surface area contributed by atoms with Gasteiger partial charge in [0.1, 0.15) is 0 Å². The molecule has 0 bridgehead atoms. The molecule has 3 aromatic heterocycles. The average molecular weight is 216 g/mol. The molecular formula is C10H8N4S. The zero-order chi connectivity index (χ0) is 10.3. The largest absolute Gasteiger partial charge is 0.398 e. The number of fused-ring (bicyclic) bond motifs is 1. The maximum atomic E-state index is 5.73. The smallest absolute Gasteiger partial charge is 0.169 e. The Labute approximate surface area is 90.0 Å². The topological polar surface area (TPSA) is 56.2 Å². The number of nitrogen functional groups attached to an aromatic ring is 1. The maximum absolute atomic E-state index is 5.73. The molecule has 4 nitrogen and oxygen atoms in total. The Morgan fingerprint density at radius 2 is 2.13 bits per heavy atom. The molecule has 15 heavy (non-hydrogen) atoms. The van der Waals surface area contributed by atoms with Crippen LogP contribution in [0.1, 0.15) is 0 Å². The van der Waals surface area contributed by atoms with Crippen molar-refractivity contribution in [3.05, 3.63) is 35.2 Å². The molecule has 0 aromatic carbocycles. The second-order valence-corrected chi connectivity index (χ2v) is 4.01. The number of pyridine rings is 1. The van der Waals surface area contributed by atoms with Crippen LogP contribution in [0.15, 0.2) is 35.2 Å². The first-order valence-corrected chi connectivity index (χ1v) is 5.42. The van der Waals surface area contributed by atoms with Crippen molar-refractivity contribution in [2.45, 2.75) is 0 Å². The Hall–Kier alpha value is -1.88. The minimum Gasteiger partial charge on any atom is -0.398 e. The summed E-state index contributed by atoms with van der Waals surface area (Å²) in [6, 6.07) is 5.70. The molecule has 0 aliphatic rings. The second kappa shape index (κ2) is 3.06. The summed E-state index contributed by atoms with van der Waals surface area (Å²) >= 11 is 1.64. The molecule has 5 heteroatoms. The zero-order valence-corrected chi connectivity index (χ0v) is 8.61. The van der Waals surface area contributed by atoms with Crippen molar-refractivity contribution in [3.63, 3.8) is 0 Å². The van der Waals surface area contributed by atoms with Gasteiger partial charge in [-0.25, -0.2) is 0 Å². The van der Waals surface area contributed by atoms with E-state index < -0.39 is 0 Å². The maximum Gasteiger partial charge on any atom is 0.169 e. The van der Waals surface area contributed by atoms with Crippen LogP contribution in [-0.4, -0.2) is 14.6 Å². The van der Waals surface area contributed by atoms with Crippen LogP contribution in [-0.2, 0) is 0 Å². The minimum atomic E-state index is 0.707. The van der Waals surface area contributed by atoms with Crippen molar-refractivity contribution < 1.29 is 0 Å². The first-order valence-electron chi connectivity index (χ1n) is 4.47. The molecule has 0 amide bonds. The molecule has 74 valence electrons. The lowest BCUT2D eigenvalue weighted by molar-refractivity contribution is 1.11. The highest BCUT2D eigenvalue weighted by atomic mass is 32.1. The molecule has 0 spiro atoms. The van der Waals surface area contributed by atoms with E-state index in [2.05, 4.69) is 10.2 Å². The standard InChI is InChI=1S/C10H8N4S/c11-8-1-2-9-12-13-10(14(9)5-8)7-3-4-15-6-7/h1-6H,11H2. The monoisotopic (exact) mass is 216 g/mol. The molecule has 0 aliphatic carbocycles. The van der Waals surface area contributed by atoms with Crippen molar-refractivity contribution in [3.8, 4) is 11.4 Å². The molecule has 0 saturated heterocycles. The van der Waals surface area contributed by atoms with Gasteiger partial charge >= 0.3 is 0 Å². The van der Waals surface area contributed by atoms with E-state index in [1.54, 1.807) is 11.3 Å². The molecule has 2 N–H and O–H groups in total. The second-order valence-electron chi connectivity index (χ2n) is 3.23. The summed E-state index contributed by atoms with van der Waals surface area (Å²) in [5, 5.41) is 12.3. The number of thiophene rings is 1. The number of rotatable bonds is 1. The molecule has 3 aromatic rings. The third kappa shape index (κ3) is 1.28. The fourth-order valence-corrected chi connectivity index (χ4v) is 2.13. The minimum absolute atomic E-state index is 0.707. The van der Waals surface area contributed by atoms with Crippen LogP contribution in [0.5, 0.6) is 0 Å². The third-order valence-electron chi connectivity index (χ3n) is 2.20. The van der Waals surface area contributed by atoms with Crippen LogP contribution < -0.4 is 5.73 Å². The third-order valence-corrected chi connectivity index (χ3v) is 2.89. The lowest BCUT2D eigenvalue weighted by Crippen LogP contribution is -1.91. The molecule has 0 fully saturated rings. The molecule has 0 aliphatic heterocycles. The molecule has 3 rings (SSSR count). The summed E-state index contributed by atoms with van der Waals surface area (Å²) in [5.74, 6) is 0.832. The first-order chi connectivity index (χ1) is 7.34.